The van der Waals surface area contributed by atoms with Crippen molar-refractivity contribution >= 4 is 39.3 Å². The molecule has 132 valence electrons. The molecule has 0 aliphatic carbocycles. The number of rotatable bonds is 4. The van der Waals surface area contributed by atoms with E-state index >= 15 is 0 Å². The summed E-state index contributed by atoms with van der Waals surface area (Å²) < 4.78 is 6.45. The van der Waals surface area contributed by atoms with Crippen LogP contribution in [0.2, 0.25) is 0 Å². The van der Waals surface area contributed by atoms with E-state index in [0.29, 0.717) is 6.42 Å². The van der Waals surface area contributed by atoms with Crippen LogP contribution in [0.1, 0.15) is 17.3 Å². The second-order valence-corrected chi connectivity index (χ2v) is 6.81. The number of hydrogen-bond acceptors (Lipinski definition) is 4. The number of benzene rings is 2. The monoisotopic (exact) mass is 429 g/mol. The first-order valence-corrected chi connectivity index (χ1v) is 8.81. The number of nitrogens with two attached hydrogens (primary N) is 1. The van der Waals surface area contributed by atoms with Crippen LogP contribution in [-0.2, 0) is 6.42 Å². The molecule has 1 atom stereocenters. The number of nitrogens with zero attached hydrogens (tertiary/aromatic N) is 2. The van der Waals surface area contributed by atoms with Crippen molar-refractivity contribution in [3.8, 4) is 11.3 Å². The lowest BCUT2D eigenvalue weighted by Gasteiger charge is -2.16. The van der Waals surface area contributed by atoms with Crippen molar-refractivity contribution in [1.82, 2.24) is 10.1 Å². The Bertz CT molecular complexity index is 1020. The number of pyridine rings is 1. The summed E-state index contributed by atoms with van der Waals surface area (Å²) in [6, 6.07) is 19.6. The normalized spacial score (nSPS) is 11.9. The number of hydrogen-bond donors (Lipinski definition) is 1. The number of aromatic nitrogens is 2. The van der Waals surface area contributed by atoms with Gasteiger partial charge in [-0.2, -0.15) is 0 Å². The van der Waals surface area contributed by atoms with Crippen LogP contribution in [-0.4, -0.2) is 10.1 Å². The average Bonchev–Trinajstić information content (AvgIpc) is 3.06. The van der Waals surface area contributed by atoms with Crippen molar-refractivity contribution in [1.29, 1.82) is 0 Å². The maximum atomic E-state index is 6.53. The SMILES string of the molecule is Cl.NC(Cc1ccccn1)c1cc(Br)ccc1-c1noc2ccccc12. The van der Waals surface area contributed by atoms with Crippen molar-refractivity contribution in [2.75, 3.05) is 0 Å². The van der Waals surface area contributed by atoms with Gasteiger partial charge in [0.25, 0.3) is 0 Å². The van der Waals surface area contributed by atoms with E-state index in [2.05, 4.69) is 26.1 Å². The minimum Gasteiger partial charge on any atom is -0.356 e. The molecule has 2 aromatic carbocycles. The van der Waals surface area contributed by atoms with Gasteiger partial charge in [0.2, 0.25) is 0 Å². The van der Waals surface area contributed by atoms with Crippen LogP contribution >= 0.6 is 28.3 Å². The fraction of sp³-hybridized carbons (Fsp3) is 0.100. The van der Waals surface area contributed by atoms with Gasteiger partial charge in [0.05, 0.1) is 0 Å². The van der Waals surface area contributed by atoms with E-state index in [1.165, 1.54) is 0 Å². The molecule has 2 heterocycles. The topological polar surface area (TPSA) is 64.9 Å². The minimum absolute atomic E-state index is 0. The second-order valence-electron chi connectivity index (χ2n) is 5.89. The van der Waals surface area contributed by atoms with Crippen LogP contribution in [0.3, 0.4) is 0 Å². The van der Waals surface area contributed by atoms with Gasteiger partial charge in [-0.05, 0) is 42.0 Å². The number of halogens is 2. The van der Waals surface area contributed by atoms with Crippen LogP contribution in [0.25, 0.3) is 22.2 Å². The summed E-state index contributed by atoms with van der Waals surface area (Å²) in [6.45, 7) is 0. The lowest BCUT2D eigenvalue weighted by Crippen LogP contribution is -2.15. The second kappa shape index (κ2) is 7.99. The summed E-state index contributed by atoms with van der Waals surface area (Å²) in [5.41, 5.74) is 11.1. The molecule has 6 heteroatoms. The zero-order valence-corrected chi connectivity index (χ0v) is 16.2. The van der Waals surface area contributed by atoms with E-state index in [1.807, 2.05) is 60.7 Å². The van der Waals surface area contributed by atoms with Crippen LogP contribution < -0.4 is 5.73 Å². The lowest BCUT2D eigenvalue weighted by atomic mass is 9.94. The molecule has 0 fully saturated rings. The van der Waals surface area contributed by atoms with Gasteiger partial charge in [0.15, 0.2) is 5.58 Å². The molecule has 0 bridgehead atoms. The van der Waals surface area contributed by atoms with Gasteiger partial charge < -0.3 is 10.3 Å². The highest BCUT2D eigenvalue weighted by Crippen LogP contribution is 2.34. The first-order valence-electron chi connectivity index (χ1n) is 8.02. The first-order chi connectivity index (χ1) is 12.2. The molecule has 1 unspecified atom stereocenters. The van der Waals surface area contributed by atoms with Crippen LogP contribution in [0.15, 0.2) is 75.9 Å². The van der Waals surface area contributed by atoms with Gasteiger partial charge in [0, 0.05) is 39.8 Å². The summed E-state index contributed by atoms with van der Waals surface area (Å²) in [5.74, 6) is 0. The predicted molar refractivity (Wildman–Crippen MR) is 109 cm³/mol. The van der Waals surface area contributed by atoms with E-state index < -0.39 is 0 Å². The fourth-order valence-corrected chi connectivity index (χ4v) is 3.37. The summed E-state index contributed by atoms with van der Waals surface area (Å²) in [5, 5.41) is 5.27. The lowest BCUT2D eigenvalue weighted by molar-refractivity contribution is 0.459. The Labute approximate surface area is 166 Å². The zero-order chi connectivity index (χ0) is 17.2. The van der Waals surface area contributed by atoms with E-state index in [4.69, 9.17) is 10.3 Å². The molecular formula is C20H17BrClN3O. The summed E-state index contributed by atoms with van der Waals surface area (Å²) in [7, 11) is 0. The third-order valence-corrected chi connectivity index (χ3v) is 4.69. The van der Waals surface area contributed by atoms with Gasteiger partial charge >= 0.3 is 0 Å². The van der Waals surface area contributed by atoms with Crippen LogP contribution in [0, 0.1) is 0 Å². The molecule has 2 N–H and O–H groups in total. The molecule has 26 heavy (non-hydrogen) atoms. The Hall–Kier alpha value is -2.21. The molecule has 0 radical (unpaired) electrons. The Morgan fingerprint density at radius 1 is 1.04 bits per heavy atom. The maximum Gasteiger partial charge on any atom is 0.167 e. The Morgan fingerprint density at radius 3 is 2.65 bits per heavy atom. The van der Waals surface area contributed by atoms with Crippen molar-refractivity contribution in [2.45, 2.75) is 12.5 Å². The van der Waals surface area contributed by atoms with Gasteiger partial charge in [-0.1, -0.05) is 45.4 Å². The third-order valence-electron chi connectivity index (χ3n) is 4.20. The Balaban J connectivity index is 0.00000196. The standard InChI is InChI=1S/C20H16BrN3O.ClH/c21-13-8-9-15(20-16-6-1-2-7-19(16)25-24-20)17(11-13)18(22)12-14-5-3-4-10-23-14;/h1-11,18H,12,22H2;1H. The highest BCUT2D eigenvalue weighted by Gasteiger charge is 2.18. The maximum absolute atomic E-state index is 6.53. The molecule has 0 aliphatic heterocycles. The van der Waals surface area contributed by atoms with Crippen molar-refractivity contribution < 1.29 is 4.52 Å². The molecule has 0 spiro atoms. The average molecular weight is 431 g/mol. The molecule has 0 aliphatic rings. The molecule has 0 saturated heterocycles. The van der Waals surface area contributed by atoms with Gasteiger partial charge in [0.1, 0.15) is 5.69 Å². The van der Waals surface area contributed by atoms with E-state index in [-0.39, 0.29) is 18.4 Å². The summed E-state index contributed by atoms with van der Waals surface area (Å²) in [4.78, 5) is 4.38. The Kier molecular flexibility index (Phi) is 5.71. The van der Waals surface area contributed by atoms with Crippen molar-refractivity contribution in [3.05, 3.63) is 82.6 Å². The summed E-state index contributed by atoms with van der Waals surface area (Å²) >= 11 is 3.55. The Morgan fingerprint density at radius 2 is 1.85 bits per heavy atom. The van der Waals surface area contributed by atoms with Gasteiger partial charge in [-0.25, -0.2) is 0 Å². The largest absolute Gasteiger partial charge is 0.356 e. The fourth-order valence-electron chi connectivity index (χ4n) is 2.99. The highest BCUT2D eigenvalue weighted by molar-refractivity contribution is 9.10. The molecule has 4 rings (SSSR count). The highest BCUT2D eigenvalue weighted by atomic mass is 79.9. The minimum atomic E-state index is -0.196. The van der Waals surface area contributed by atoms with E-state index in [1.54, 1.807) is 6.20 Å². The summed E-state index contributed by atoms with van der Waals surface area (Å²) in [6.07, 6.45) is 2.44. The van der Waals surface area contributed by atoms with E-state index in [9.17, 15) is 0 Å². The quantitative estimate of drug-likeness (QED) is 0.476. The van der Waals surface area contributed by atoms with Crippen molar-refractivity contribution in [3.63, 3.8) is 0 Å². The predicted octanol–water partition coefficient (Wildman–Crippen LogP) is 5.32. The zero-order valence-electron chi connectivity index (χ0n) is 13.8. The molecular weight excluding hydrogens is 414 g/mol. The number of para-hydroxylation sites is 1. The molecule has 4 nitrogen and oxygen atoms in total. The van der Waals surface area contributed by atoms with Gasteiger partial charge in [-0.15, -0.1) is 12.4 Å². The van der Waals surface area contributed by atoms with Crippen LogP contribution in [0.4, 0.5) is 0 Å². The third kappa shape index (κ3) is 3.65. The molecule has 2 aromatic heterocycles. The smallest absolute Gasteiger partial charge is 0.167 e. The molecule has 0 saturated carbocycles. The molecule has 4 aromatic rings. The van der Waals surface area contributed by atoms with Crippen molar-refractivity contribution in [2.24, 2.45) is 5.73 Å². The van der Waals surface area contributed by atoms with Gasteiger partial charge in [-0.3, -0.25) is 4.98 Å². The van der Waals surface area contributed by atoms with E-state index in [0.717, 1.165) is 38.0 Å². The van der Waals surface area contributed by atoms with Crippen LogP contribution in [0.5, 0.6) is 0 Å². The first kappa shape index (κ1) is 18.6. The molecule has 0 amide bonds. The number of fused-ring (bicyclic) bond motifs is 1.